The zero-order chi connectivity index (χ0) is 13.2. The monoisotopic (exact) mass is 291 g/mol. The van der Waals surface area contributed by atoms with Crippen LogP contribution in [-0.2, 0) is 0 Å². The lowest BCUT2D eigenvalue weighted by Gasteiger charge is -2.06. The van der Waals surface area contributed by atoms with Crippen LogP contribution in [0.4, 0.5) is 0 Å². The number of aromatic nitrogens is 3. The van der Waals surface area contributed by atoms with Crippen molar-refractivity contribution in [2.75, 3.05) is 0 Å². The minimum Gasteiger partial charge on any atom is -0.436 e. The van der Waals surface area contributed by atoms with Gasteiger partial charge in [0.05, 0.1) is 0 Å². The first-order valence-corrected chi connectivity index (χ1v) is 6.20. The van der Waals surface area contributed by atoms with Gasteiger partial charge in [-0.1, -0.05) is 41.9 Å². The Morgan fingerprint density at radius 1 is 0.895 bits per heavy atom. The predicted molar refractivity (Wildman–Crippen MR) is 73.9 cm³/mol. The average molecular weight is 292 g/mol. The quantitative estimate of drug-likeness (QED) is 0.712. The third-order valence-electron chi connectivity index (χ3n) is 2.53. The highest BCUT2D eigenvalue weighted by Gasteiger charge is 2.09. The van der Waals surface area contributed by atoms with Crippen molar-refractivity contribution in [1.82, 2.24) is 15.2 Å². The largest absolute Gasteiger partial charge is 0.436 e. The third-order valence-corrected chi connectivity index (χ3v) is 2.92. The Bertz CT molecular complexity index is 749. The van der Waals surface area contributed by atoms with Crippen molar-refractivity contribution in [3.8, 4) is 11.6 Å². The molecule has 0 bridgehead atoms. The molecule has 94 valence electrons. The van der Waals surface area contributed by atoms with Crippen LogP contribution in [0.25, 0.3) is 10.8 Å². The van der Waals surface area contributed by atoms with Gasteiger partial charge in [-0.15, -0.1) is 10.2 Å². The minimum absolute atomic E-state index is 0.0137. The van der Waals surface area contributed by atoms with Crippen molar-refractivity contribution in [1.29, 1.82) is 0 Å². The molecule has 0 atom stereocenters. The van der Waals surface area contributed by atoms with Gasteiger partial charge in [0.15, 0.2) is 0 Å². The third kappa shape index (κ3) is 2.59. The number of hydrogen-bond acceptors (Lipinski definition) is 4. The molecular formula is C13H7Cl2N3O. The molecule has 0 spiro atoms. The number of nitrogens with zero attached hydrogens (tertiary/aromatic N) is 3. The van der Waals surface area contributed by atoms with E-state index in [0.717, 1.165) is 10.8 Å². The van der Waals surface area contributed by atoms with Gasteiger partial charge in [0.25, 0.3) is 5.88 Å². The molecule has 0 aliphatic rings. The smallest absolute Gasteiger partial charge is 0.262 e. The Morgan fingerprint density at radius 3 is 2.53 bits per heavy atom. The van der Waals surface area contributed by atoms with Gasteiger partial charge in [0.2, 0.25) is 10.4 Å². The van der Waals surface area contributed by atoms with Crippen LogP contribution in [0.1, 0.15) is 0 Å². The maximum atomic E-state index is 5.84. The topological polar surface area (TPSA) is 47.9 Å². The summed E-state index contributed by atoms with van der Waals surface area (Å²) in [6, 6.07) is 13.6. The van der Waals surface area contributed by atoms with Gasteiger partial charge >= 0.3 is 0 Å². The number of ether oxygens (including phenoxy) is 1. The number of hydrogen-bond donors (Lipinski definition) is 0. The molecule has 2 aromatic carbocycles. The predicted octanol–water partition coefficient (Wildman–Crippen LogP) is 4.12. The fourth-order valence-electron chi connectivity index (χ4n) is 1.69. The second-order valence-electron chi connectivity index (χ2n) is 3.79. The maximum Gasteiger partial charge on any atom is 0.262 e. The lowest BCUT2D eigenvalue weighted by molar-refractivity contribution is 0.458. The molecule has 0 aliphatic carbocycles. The molecule has 0 radical (unpaired) electrons. The lowest BCUT2D eigenvalue weighted by atomic mass is 10.1. The van der Waals surface area contributed by atoms with Crippen LogP contribution in [0, 0.1) is 0 Å². The first kappa shape index (κ1) is 12.1. The van der Waals surface area contributed by atoms with E-state index in [2.05, 4.69) is 15.2 Å². The first-order chi connectivity index (χ1) is 9.22. The van der Waals surface area contributed by atoms with Crippen LogP contribution < -0.4 is 4.74 Å². The standard InChI is InChI=1S/C13H7Cl2N3O/c14-11-12(16-13(15)18-17-11)19-10-6-5-8-3-1-2-4-9(8)7-10/h1-7H. The normalized spacial score (nSPS) is 10.6. The second-order valence-corrected chi connectivity index (χ2v) is 4.48. The summed E-state index contributed by atoms with van der Waals surface area (Å²) in [7, 11) is 0. The fraction of sp³-hybridized carbons (Fsp3) is 0. The Balaban J connectivity index is 1.98. The molecular weight excluding hydrogens is 285 g/mol. The highest BCUT2D eigenvalue weighted by Crippen LogP contribution is 2.28. The fourth-order valence-corrected chi connectivity index (χ4v) is 1.92. The zero-order valence-electron chi connectivity index (χ0n) is 9.55. The summed E-state index contributed by atoms with van der Waals surface area (Å²) < 4.78 is 5.57. The van der Waals surface area contributed by atoms with E-state index < -0.39 is 0 Å². The number of fused-ring (bicyclic) bond motifs is 1. The Kier molecular flexibility index (Phi) is 3.19. The summed E-state index contributed by atoms with van der Waals surface area (Å²) in [4.78, 5) is 3.89. The minimum atomic E-state index is -0.0137. The first-order valence-electron chi connectivity index (χ1n) is 5.45. The summed E-state index contributed by atoms with van der Waals surface area (Å²) in [6.07, 6.45) is 0. The molecule has 0 aliphatic heterocycles. The van der Waals surface area contributed by atoms with E-state index in [9.17, 15) is 0 Å². The van der Waals surface area contributed by atoms with Crippen molar-refractivity contribution >= 4 is 34.0 Å². The van der Waals surface area contributed by atoms with E-state index in [1.807, 2.05) is 42.5 Å². The Labute approximate surface area is 119 Å². The lowest BCUT2D eigenvalue weighted by Crippen LogP contribution is -1.94. The maximum absolute atomic E-state index is 5.84. The van der Waals surface area contributed by atoms with E-state index in [4.69, 9.17) is 27.9 Å². The molecule has 0 N–H and O–H groups in total. The molecule has 3 aromatic rings. The van der Waals surface area contributed by atoms with Gasteiger partial charge in [0.1, 0.15) is 5.75 Å². The van der Waals surface area contributed by atoms with Crippen LogP contribution in [0.2, 0.25) is 10.4 Å². The summed E-state index contributed by atoms with van der Waals surface area (Å²) in [6.45, 7) is 0. The van der Waals surface area contributed by atoms with Crippen molar-refractivity contribution in [3.05, 3.63) is 52.9 Å². The SMILES string of the molecule is Clc1nnc(Cl)c(Oc2ccc3ccccc3c2)n1. The van der Waals surface area contributed by atoms with Crippen LogP contribution in [-0.4, -0.2) is 15.2 Å². The summed E-state index contributed by atoms with van der Waals surface area (Å²) in [5.74, 6) is 0.745. The molecule has 0 unspecified atom stereocenters. The van der Waals surface area contributed by atoms with E-state index in [0.29, 0.717) is 5.75 Å². The second kappa shape index (κ2) is 4.99. The van der Waals surface area contributed by atoms with E-state index >= 15 is 0 Å². The highest BCUT2D eigenvalue weighted by molar-refractivity contribution is 6.31. The van der Waals surface area contributed by atoms with Crippen LogP contribution in [0.5, 0.6) is 11.6 Å². The van der Waals surface area contributed by atoms with Gasteiger partial charge < -0.3 is 4.74 Å². The van der Waals surface area contributed by atoms with Gasteiger partial charge in [-0.2, -0.15) is 4.98 Å². The van der Waals surface area contributed by atoms with Crippen molar-refractivity contribution in [2.24, 2.45) is 0 Å². The Hall–Kier alpha value is -1.91. The summed E-state index contributed by atoms with van der Waals surface area (Å²) in [5, 5.41) is 9.39. The average Bonchev–Trinajstić information content (AvgIpc) is 2.43. The molecule has 3 rings (SSSR count). The molecule has 1 heterocycles. The van der Waals surface area contributed by atoms with Crippen LogP contribution in [0.15, 0.2) is 42.5 Å². The molecule has 4 nitrogen and oxygen atoms in total. The van der Waals surface area contributed by atoms with Gasteiger partial charge in [-0.25, -0.2) is 0 Å². The molecule has 6 heteroatoms. The number of rotatable bonds is 2. The van der Waals surface area contributed by atoms with Gasteiger partial charge in [-0.3, -0.25) is 0 Å². The van der Waals surface area contributed by atoms with E-state index in [1.54, 1.807) is 0 Å². The van der Waals surface area contributed by atoms with Gasteiger partial charge in [-0.05, 0) is 34.5 Å². The Morgan fingerprint density at radius 2 is 1.68 bits per heavy atom. The van der Waals surface area contributed by atoms with Crippen molar-refractivity contribution < 1.29 is 4.74 Å². The molecule has 0 fully saturated rings. The molecule has 1 aromatic heterocycles. The molecule has 19 heavy (non-hydrogen) atoms. The van der Waals surface area contributed by atoms with Crippen LogP contribution in [0.3, 0.4) is 0 Å². The van der Waals surface area contributed by atoms with Crippen molar-refractivity contribution in [2.45, 2.75) is 0 Å². The summed E-state index contributed by atoms with van der Waals surface area (Å²) in [5.41, 5.74) is 0. The number of halogens is 2. The molecule has 0 amide bonds. The van der Waals surface area contributed by atoms with Crippen molar-refractivity contribution in [3.63, 3.8) is 0 Å². The highest BCUT2D eigenvalue weighted by atomic mass is 35.5. The summed E-state index contributed by atoms with van der Waals surface area (Å²) >= 11 is 11.5. The molecule has 0 saturated heterocycles. The van der Waals surface area contributed by atoms with Crippen LogP contribution >= 0.6 is 23.2 Å². The zero-order valence-corrected chi connectivity index (χ0v) is 11.1. The number of benzene rings is 2. The van der Waals surface area contributed by atoms with E-state index in [-0.39, 0.29) is 16.3 Å². The molecule has 0 saturated carbocycles. The van der Waals surface area contributed by atoms with E-state index in [1.165, 1.54) is 0 Å². The van der Waals surface area contributed by atoms with Gasteiger partial charge in [0, 0.05) is 0 Å².